The summed E-state index contributed by atoms with van der Waals surface area (Å²) in [6.45, 7) is 1.84. The minimum Gasteiger partial charge on any atom is -0.306 e. The first kappa shape index (κ1) is 14.4. The second-order valence-electron chi connectivity index (χ2n) is 3.86. The molecule has 0 spiro atoms. The van der Waals surface area contributed by atoms with Gasteiger partial charge in [0, 0.05) is 6.20 Å². The molecular formula is C12H10F3N3OS. The zero-order valence-corrected chi connectivity index (χ0v) is 11.2. The summed E-state index contributed by atoms with van der Waals surface area (Å²) in [6, 6.07) is 1.64. The van der Waals surface area contributed by atoms with Crippen molar-refractivity contribution in [1.29, 1.82) is 0 Å². The van der Waals surface area contributed by atoms with Crippen LogP contribution < -0.4 is 5.32 Å². The van der Waals surface area contributed by atoms with Crippen LogP contribution in [0.5, 0.6) is 0 Å². The first-order valence-electron chi connectivity index (χ1n) is 5.68. The number of halogens is 3. The molecule has 4 nitrogen and oxygen atoms in total. The second-order valence-corrected chi connectivity index (χ2v) is 4.72. The van der Waals surface area contributed by atoms with E-state index >= 15 is 0 Å². The number of amides is 1. The average molecular weight is 301 g/mol. The van der Waals surface area contributed by atoms with Crippen LogP contribution in [-0.4, -0.2) is 15.9 Å². The van der Waals surface area contributed by atoms with Gasteiger partial charge in [0.25, 0.3) is 5.91 Å². The van der Waals surface area contributed by atoms with Crippen LogP contribution in [0.2, 0.25) is 0 Å². The summed E-state index contributed by atoms with van der Waals surface area (Å²) in [7, 11) is 0. The smallest absolute Gasteiger partial charge is 0.306 e. The molecule has 8 heteroatoms. The van der Waals surface area contributed by atoms with Gasteiger partial charge in [-0.25, -0.2) is 9.97 Å². The second kappa shape index (κ2) is 5.58. The quantitative estimate of drug-likeness (QED) is 0.945. The maximum absolute atomic E-state index is 12.5. The summed E-state index contributed by atoms with van der Waals surface area (Å²) in [4.78, 5) is 20.1. The molecule has 1 N–H and O–H groups in total. The summed E-state index contributed by atoms with van der Waals surface area (Å²) in [5, 5.41) is 2.35. The number of carbonyl (C=O) groups excluding carboxylic acids is 1. The van der Waals surface area contributed by atoms with Gasteiger partial charge in [-0.2, -0.15) is 13.2 Å². The molecule has 0 atom stereocenters. The minimum absolute atomic E-state index is 0.139. The topological polar surface area (TPSA) is 54.9 Å². The van der Waals surface area contributed by atoms with E-state index in [1.807, 2.05) is 6.92 Å². The Bertz CT molecular complexity index is 624. The van der Waals surface area contributed by atoms with Crippen molar-refractivity contribution in [1.82, 2.24) is 9.97 Å². The first-order chi connectivity index (χ1) is 9.41. The Balaban J connectivity index is 2.20. The van der Waals surface area contributed by atoms with Gasteiger partial charge in [-0.15, -0.1) is 11.3 Å². The van der Waals surface area contributed by atoms with Crippen molar-refractivity contribution in [3.05, 3.63) is 40.0 Å². The highest BCUT2D eigenvalue weighted by molar-refractivity contribution is 7.12. The Morgan fingerprint density at radius 2 is 2.15 bits per heavy atom. The number of carbonyl (C=O) groups is 1. The SMILES string of the molecule is CCc1ncsc1C(=O)Nc1cc(C(F)(F)F)ccn1. The molecular weight excluding hydrogens is 291 g/mol. The number of rotatable bonds is 3. The van der Waals surface area contributed by atoms with Gasteiger partial charge in [0.1, 0.15) is 10.7 Å². The van der Waals surface area contributed by atoms with Crippen LogP contribution in [-0.2, 0) is 12.6 Å². The van der Waals surface area contributed by atoms with E-state index in [1.165, 1.54) is 5.51 Å². The third-order valence-corrected chi connectivity index (χ3v) is 3.38. The molecule has 0 bridgehead atoms. The zero-order valence-electron chi connectivity index (χ0n) is 10.4. The maximum atomic E-state index is 12.5. The molecule has 2 rings (SSSR count). The molecule has 0 saturated heterocycles. The molecule has 0 aliphatic rings. The molecule has 2 heterocycles. The fraction of sp³-hybridized carbons (Fsp3) is 0.250. The maximum Gasteiger partial charge on any atom is 0.416 e. The molecule has 106 valence electrons. The van der Waals surface area contributed by atoms with E-state index in [0.717, 1.165) is 29.7 Å². The number of hydrogen-bond donors (Lipinski definition) is 1. The third kappa shape index (κ3) is 3.13. The Kier molecular flexibility index (Phi) is 4.03. The van der Waals surface area contributed by atoms with Crippen molar-refractivity contribution >= 4 is 23.1 Å². The van der Waals surface area contributed by atoms with Crippen LogP contribution in [0.1, 0.15) is 27.9 Å². The van der Waals surface area contributed by atoms with Crippen molar-refractivity contribution < 1.29 is 18.0 Å². The number of nitrogens with one attached hydrogen (secondary N) is 1. The van der Waals surface area contributed by atoms with Crippen LogP contribution in [0.25, 0.3) is 0 Å². The van der Waals surface area contributed by atoms with Crippen molar-refractivity contribution in [3.8, 4) is 0 Å². The molecule has 20 heavy (non-hydrogen) atoms. The first-order valence-corrected chi connectivity index (χ1v) is 6.56. The molecule has 1 amide bonds. The molecule has 0 radical (unpaired) electrons. The molecule has 0 unspecified atom stereocenters. The predicted octanol–water partition coefficient (Wildman–Crippen LogP) is 3.37. The van der Waals surface area contributed by atoms with E-state index in [2.05, 4.69) is 15.3 Å². The number of aryl methyl sites for hydroxylation is 1. The third-order valence-electron chi connectivity index (χ3n) is 2.51. The van der Waals surface area contributed by atoms with E-state index < -0.39 is 17.6 Å². The van der Waals surface area contributed by atoms with E-state index in [9.17, 15) is 18.0 Å². The van der Waals surface area contributed by atoms with Gasteiger partial charge < -0.3 is 5.32 Å². The normalized spacial score (nSPS) is 11.4. The molecule has 0 saturated carbocycles. The lowest BCUT2D eigenvalue weighted by Gasteiger charge is -2.08. The standard InChI is InChI=1S/C12H10F3N3OS/c1-2-8-10(20-6-17-8)11(19)18-9-5-7(3-4-16-9)12(13,14)15/h3-6H,2H2,1H3,(H,16,18,19). The van der Waals surface area contributed by atoms with Crippen LogP contribution in [0.15, 0.2) is 23.8 Å². The van der Waals surface area contributed by atoms with E-state index in [0.29, 0.717) is 17.0 Å². The Morgan fingerprint density at radius 1 is 1.40 bits per heavy atom. The lowest BCUT2D eigenvalue weighted by Crippen LogP contribution is -2.14. The van der Waals surface area contributed by atoms with Gasteiger partial charge in [0.2, 0.25) is 0 Å². The van der Waals surface area contributed by atoms with Crippen molar-refractivity contribution in [2.45, 2.75) is 19.5 Å². The molecule has 0 fully saturated rings. The highest BCUT2D eigenvalue weighted by atomic mass is 32.1. The molecule has 2 aromatic rings. The van der Waals surface area contributed by atoms with Crippen LogP contribution in [0.4, 0.5) is 19.0 Å². The average Bonchev–Trinajstić information content (AvgIpc) is 2.86. The van der Waals surface area contributed by atoms with Gasteiger partial charge in [-0.05, 0) is 18.6 Å². The summed E-state index contributed by atoms with van der Waals surface area (Å²) in [6.07, 6.45) is -2.89. The van der Waals surface area contributed by atoms with Gasteiger partial charge >= 0.3 is 6.18 Å². The lowest BCUT2D eigenvalue weighted by atomic mass is 10.2. The zero-order chi connectivity index (χ0) is 14.8. The molecule has 0 aliphatic heterocycles. The largest absolute Gasteiger partial charge is 0.416 e. The molecule has 0 aliphatic carbocycles. The summed E-state index contributed by atoms with van der Waals surface area (Å²) in [5.41, 5.74) is 1.27. The van der Waals surface area contributed by atoms with Gasteiger partial charge in [-0.3, -0.25) is 4.79 Å². The Hall–Kier alpha value is -1.96. The summed E-state index contributed by atoms with van der Waals surface area (Å²) < 4.78 is 37.6. The van der Waals surface area contributed by atoms with Gasteiger partial charge in [0.15, 0.2) is 0 Å². The fourth-order valence-electron chi connectivity index (χ4n) is 1.55. The Labute approximate surface area is 116 Å². The highest BCUT2D eigenvalue weighted by Gasteiger charge is 2.31. The van der Waals surface area contributed by atoms with Crippen molar-refractivity contribution in [2.75, 3.05) is 5.32 Å². The van der Waals surface area contributed by atoms with Gasteiger partial charge in [0.05, 0.1) is 16.8 Å². The number of nitrogens with zero attached hydrogens (tertiary/aromatic N) is 2. The number of aromatic nitrogens is 2. The molecule has 2 aromatic heterocycles. The van der Waals surface area contributed by atoms with E-state index in [1.54, 1.807) is 0 Å². The number of alkyl halides is 3. The minimum atomic E-state index is -4.47. The van der Waals surface area contributed by atoms with E-state index in [-0.39, 0.29) is 5.82 Å². The highest BCUT2D eigenvalue weighted by Crippen LogP contribution is 2.30. The van der Waals surface area contributed by atoms with E-state index in [4.69, 9.17) is 0 Å². The van der Waals surface area contributed by atoms with Crippen LogP contribution in [0, 0.1) is 0 Å². The number of pyridine rings is 1. The summed E-state index contributed by atoms with van der Waals surface area (Å²) in [5.74, 6) is -0.642. The van der Waals surface area contributed by atoms with Crippen molar-refractivity contribution in [3.63, 3.8) is 0 Å². The molecule has 0 aromatic carbocycles. The monoisotopic (exact) mass is 301 g/mol. The van der Waals surface area contributed by atoms with Crippen LogP contribution in [0.3, 0.4) is 0 Å². The lowest BCUT2D eigenvalue weighted by molar-refractivity contribution is -0.137. The number of thiazole rings is 1. The van der Waals surface area contributed by atoms with Crippen LogP contribution >= 0.6 is 11.3 Å². The predicted molar refractivity (Wildman–Crippen MR) is 68.7 cm³/mol. The van der Waals surface area contributed by atoms with Gasteiger partial charge in [-0.1, -0.05) is 6.92 Å². The number of anilines is 1. The van der Waals surface area contributed by atoms with Crippen molar-refractivity contribution in [2.24, 2.45) is 0 Å². The summed E-state index contributed by atoms with van der Waals surface area (Å²) >= 11 is 1.14. The number of hydrogen-bond acceptors (Lipinski definition) is 4. The fourth-order valence-corrected chi connectivity index (χ4v) is 2.33. The Morgan fingerprint density at radius 3 is 2.80 bits per heavy atom.